The van der Waals surface area contributed by atoms with Crippen LogP contribution in [0.5, 0.6) is 0 Å². The molecule has 5 heterocycles. The molecule has 2 aliphatic heterocycles. The number of hydrogen-bond acceptors (Lipinski definition) is 4. The molecule has 124 valence electrons. The predicted octanol–water partition coefficient (Wildman–Crippen LogP) is 2.95. The van der Waals surface area contributed by atoms with E-state index in [4.69, 9.17) is 9.72 Å². The third kappa shape index (κ3) is 1.92. The minimum atomic E-state index is 0.464. The number of nitrogens with one attached hydrogen (secondary N) is 1. The zero-order chi connectivity index (χ0) is 16.1. The largest absolute Gasteiger partial charge is 0.381 e. The molecule has 1 fully saturated rings. The van der Waals surface area contributed by atoms with Gasteiger partial charge in [0.05, 0.1) is 17.4 Å². The molecule has 0 radical (unpaired) electrons. The maximum atomic E-state index is 5.58. The van der Waals surface area contributed by atoms with E-state index in [9.17, 15) is 0 Å². The van der Waals surface area contributed by atoms with Crippen LogP contribution in [0.15, 0.2) is 24.5 Å². The van der Waals surface area contributed by atoms with Crippen LogP contribution in [0.3, 0.4) is 0 Å². The number of pyridine rings is 1. The van der Waals surface area contributed by atoms with Gasteiger partial charge in [0.1, 0.15) is 11.5 Å². The lowest BCUT2D eigenvalue weighted by Crippen LogP contribution is -2.39. The molecule has 0 atom stereocenters. The zero-order valence-corrected chi connectivity index (χ0v) is 13.8. The first-order valence-corrected chi connectivity index (χ1v) is 8.72. The summed E-state index contributed by atoms with van der Waals surface area (Å²) in [7, 11) is 0. The normalized spacial score (nSPS) is 18.0. The molecule has 0 saturated carbocycles. The number of aryl methyl sites for hydroxylation is 1. The minimum absolute atomic E-state index is 0.464. The molecule has 3 aromatic heterocycles. The van der Waals surface area contributed by atoms with Crippen molar-refractivity contribution in [1.29, 1.82) is 0 Å². The van der Waals surface area contributed by atoms with Crippen molar-refractivity contribution in [3.8, 4) is 11.3 Å². The van der Waals surface area contributed by atoms with Gasteiger partial charge < -0.3 is 14.2 Å². The standard InChI is InChI=1S/C18H21N5O/c1-2-22-8-4-13-15(22)11-23(12-5-9-24-10-6-12)18-16-14(3-7-19-18)20-21-17(13)16/h3-4,7-8,12H,2,5-6,9-11H2,1H3,(H,20,21). The highest BCUT2D eigenvalue weighted by atomic mass is 16.5. The van der Waals surface area contributed by atoms with Crippen molar-refractivity contribution >= 4 is 16.7 Å². The summed E-state index contributed by atoms with van der Waals surface area (Å²) < 4.78 is 7.91. The SMILES string of the molecule is CCn1ccc2c1CN(C1CCOCC1)c1nccc3[nH]nc-2c13. The van der Waals surface area contributed by atoms with E-state index in [0.29, 0.717) is 6.04 Å². The molecule has 6 nitrogen and oxygen atoms in total. The molecule has 24 heavy (non-hydrogen) atoms. The Morgan fingerprint density at radius 1 is 1.29 bits per heavy atom. The van der Waals surface area contributed by atoms with E-state index in [0.717, 1.165) is 61.6 Å². The Kier molecular flexibility index (Phi) is 3.13. The van der Waals surface area contributed by atoms with Crippen molar-refractivity contribution in [2.45, 2.75) is 38.9 Å². The van der Waals surface area contributed by atoms with Crippen molar-refractivity contribution in [2.75, 3.05) is 18.1 Å². The summed E-state index contributed by atoms with van der Waals surface area (Å²) in [6.07, 6.45) is 6.16. The number of hydrogen-bond donors (Lipinski definition) is 1. The van der Waals surface area contributed by atoms with E-state index in [1.807, 2.05) is 12.3 Å². The lowest BCUT2D eigenvalue weighted by molar-refractivity contribution is 0.0839. The molecule has 1 saturated heterocycles. The molecule has 0 aromatic carbocycles. The minimum Gasteiger partial charge on any atom is -0.381 e. The summed E-state index contributed by atoms with van der Waals surface area (Å²) in [5.41, 5.74) is 4.65. The second kappa shape index (κ2) is 5.34. The summed E-state index contributed by atoms with van der Waals surface area (Å²) >= 11 is 0. The van der Waals surface area contributed by atoms with E-state index in [1.54, 1.807) is 0 Å². The Labute approximate surface area is 140 Å². The highest BCUT2D eigenvalue weighted by Gasteiger charge is 2.31. The molecule has 0 bridgehead atoms. The van der Waals surface area contributed by atoms with Crippen LogP contribution in [-0.2, 0) is 17.8 Å². The van der Waals surface area contributed by atoms with Crippen molar-refractivity contribution in [1.82, 2.24) is 19.7 Å². The molecule has 0 amide bonds. The van der Waals surface area contributed by atoms with Gasteiger partial charge in [-0.2, -0.15) is 5.10 Å². The first kappa shape index (κ1) is 14.0. The fourth-order valence-electron chi connectivity index (χ4n) is 4.09. The second-order valence-corrected chi connectivity index (χ2v) is 6.56. The van der Waals surface area contributed by atoms with Crippen LogP contribution in [0.2, 0.25) is 0 Å². The monoisotopic (exact) mass is 323 g/mol. The average molecular weight is 323 g/mol. The number of H-pyrrole nitrogens is 1. The maximum absolute atomic E-state index is 5.58. The van der Waals surface area contributed by atoms with Crippen molar-refractivity contribution < 1.29 is 4.74 Å². The number of aromatic amines is 1. The third-order valence-electron chi connectivity index (χ3n) is 5.35. The smallest absolute Gasteiger partial charge is 0.140 e. The summed E-state index contributed by atoms with van der Waals surface area (Å²) in [6.45, 7) is 5.70. The Balaban J connectivity index is 1.75. The number of aromatic nitrogens is 4. The van der Waals surface area contributed by atoms with Crippen LogP contribution >= 0.6 is 0 Å². The van der Waals surface area contributed by atoms with Crippen LogP contribution < -0.4 is 4.90 Å². The van der Waals surface area contributed by atoms with E-state index in [2.05, 4.69) is 38.9 Å². The van der Waals surface area contributed by atoms with Crippen molar-refractivity contribution in [2.24, 2.45) is 0 Å². The van der Waals surface area contributed by atoms with Gasteiger partial charge in [-0.05, 0) is 31.9 Å². The van der Waals surface area contributed by atoms with Gasteiger partial charge in [0.2, 0.25) is 0 Å². The summed E-state index contributed by atoms with van der Waals surface area (Å²) in [4.78, 5) is 7.23. The van der Waals surface area contributed by atoms with Gasteiger partial charge in [0.25, 0.3) is 0 Å². The van der Waals surface area contributed by atoms with Crippen LogP contribution in [-0.4, -0.2) is 39.0 Å². The quantitative estimate of drug-likeness (QED) is 0.788. The Bertz CT molecular complexity index is 890. The van der Waals surface area contributed by atoms with Crippen molar-refractivity contribution in [3.63, 3.8) is 0 Å². The number of nitrogens with zero attached hydrogens (tertiary/aromatic N) is 4. The Hall–Kier alpha value is -2.34. The van der Waals surface area contributed by atoms with Crippen molar-refractivity contribution in [3.05, 3.63) is 30.2 Å². The first-order chi connectivity index (χ1) is 11.9. The van der Waals surface area contributed by atoms with Crippen LogP contribution in [0.1, 0.15) is 25.5 Å². The molecular weight excluding hydrogens is 302 g/mol. The van der Waals surface area contributed by atoms with E-state index >= 15 is 0 Å². The summed E-state index contributed by atoms with van der Waals surface area (Å²) in [6, 6.07) is 4.67. The van der Waals surface area contributed by atoms with Gasteiger partial charge in [0, 0.05) is 49.5 Å². The number of fused-ring (bicyclic) bond motifs is 2. The zero-order valence-electron chi connectivity index (χ0n) is 13.8. The van der Waals surface area contributed by atoms with Crippen LogP contribution in [0.4, 0.5) is 5.82 Å². The van der Waals surface area contributed by atoms with Gasteiger partial charge in [0.15, 0.2) is 0 Å². The summed E-state index contributed by atoms with van der Waals surface area (Å²) in [5.74, 6) is 1.06. The second-order valence-electron chi connectivity index (χ2n) is 6.56. The van der Waals surface area contributed by atoms with E-state index in [1.165, 1.54) is 11.3 Å². The maximum Gasteiger partial charge on any atom is 0.140 e. The van der Waals surface area contributed by atoms with Gasteiger partial charge in [-0.25, -0.2) is 4.98 Å². The average Bonchev–Trinajstić information content (AvgIpc) is 3.20. The van der Waals surface area contributed by atoms with Crippen LogP contribution in [0, 0.1) is 0 Å². The van der Waals surface area contributed by atoms with Gasteiger partial charge >= 0.3 is 0 Å². The van der Waals surface area contributed by atoms with Gasteiger partial charge in [-0.1, -0.05) is 0 Å². The molecule has 5 rings (SSSR count). The van der Waals surface area contributed by atoms with Crippen LogP contribution in [0.25, 0.3) is 22.2 Å². The number of ether oxygens (including phenoxy) is 1. The van der Waals surface area contributed by atoms with Gasteiger partial charge in [-0.3, -0.25) is 5.10 Å². The van der Waals surface area contributed by atoms with E-state index in [-0.39, 0.29) is 0 Å². The highest BCUT2D eigenvalue weighted by molar-refractivity contribution is 6.02. The molecule has 2 aliphatic rings. The molecule has 1 N–H and O–H groups in total. The molecule has 0 spiro atoms. The lowest BCUT2D eigenvalue weighted by Gasteiger charge is -2.35. The fourth-order valence-corrected chi connectivity index (χ4v) is 4.09. The molecule has 0 aliphatic carbocycles. The first-order valence-electron chi connectivity index (χ1n) is 8.72. The lowest BCUT2D eigenvalue weighted by atomic mass is 10.1. The molecule has 0 unspecified atom stereocenters. The van der Waals surface area contributed by atoms with Gasteiger partial charge in [-0.15, -0.1) is 0 Å². The topological polar surface area (TPSA) is 59.0 Å². The number of rotatable bonds is 2. The molecule has 3 aromatic rings. The Morgan fingerprint density at radius 3 is 3.00 bits per heavy atom. The molecule has 6 heteroatoms. The summed E-state index contributed by atoms with van der Waals surface area (Å²) in [5, 5.41) is 8.96. The third-order valence-corrected chi connectivity index (χ3v) is 5.35. The molecular formula is C18H21N5O. The predicted molar refractivity (Wildman–Crippen MR) is 93.0 cm³/mol. The van der Waals surface area contributed by atoms with E-state index < -0.39 is 0 Å². The fraction of sp³-hybridized carbons (Fsp3) is 0.444. The highest BCUT2D eigenvalue weighted by Crippen LogP contribution is 2.40. The Morgan fingerprint density at radius 2 is 2.17 bits per heavy atom. The number of anilines is 1.